The molecule has 3 rings (SSSR count). The van der Waals surface area contributed by atoms with E-state index >= 15 is 0 Å². The first-order valence-corrected chi connectivity index (χ1v) is 7.42. The zero-order chi connectivity index (χ0) is 12.5. The SMILES string of the molecule is Clc1ccc(Cc2nc3c(s2)CNCC3)c(Cl)c1. The second-order valence-corrected chi connectivity index (χ2v) is 6.33. The second kappa shape index (κ2) is 5.17. The first kappa shape index (κ1) is 12.4. The lowest BCUT2D eigenvalue weighted by molar-refractivity contribution is 0.643. The number of aromatic nitrogens is 1. The highest BCUT2D eigenvalue weighted by Crippen LogP contribution is 2.27. The van der Waals surface area contributed by atoms with Crippen LogP contribution in [0.15, 0.2) is 18.2 Å². The number of nitrogens with one attached hydrogen (secondary N) is 1. The van der Waals surface area contributed by atoms with Crippen molar-refractivity contribution in [2.75, 3.05) is 6.54 Å². The number of hydrogen-bond acceptors (Lipinski definition) is 3. The third-order valence-corrected chi connectivity index (χ3v) is 4.69. The number of hydrogen-bond donors (Lipinski definition) is 1. The number of thiazole rings is 1. The molecule has 0 bridgehead atoms. The van der Waals surface area contributed by atoms with Crippen molar-refractivity contribution in [1.29, 1.82) is 0 Å². The van der Waals surface area contributed by atoms with E-state index in [0.717, 1.165) is 36.5 Å². The van der Waals surface area contributed by atoms with E-state index < -0.39 is 0 Å². The fourth-order valence-corrected chi connectivity index (χ4v) is 3.67. The quantitative estimate of drug-likeness (QED) is 0.915. The van der Waals surface area contributed by atoms with Crippen LogP contribution in [0.5, 0.6) is 0 Å². The lowest BCUT2D eigenvalue weighted by atomic mass is 10.1. The Morgan fingerprint density at radius 1 is 1.33 bits per heavy atom. The average Bonchev–Trinajstić information content (AvgIpc) is 2.75. The van der Waals surface area contributed by atoms with E-state index in [9.17, 15) is 0 Å². The lowest BCUT2D eigenvalue weighted by Gasteiger charge is -2.09. The van der Waals surface area contributed by atoms with Crippen molar-refractivity contribution in [3.8, 4) is 0 Å². The number of fused-ring (bicyclic) bond motifs is 1. The topological polar surface area (TPSA) is 24.9 Å². The number of benzene rings is 1. The normalized spacial score (nSPS) is 14.6. The summed E-state index contributed by atoms with van der Waals surface area (Å²) in [4.78, 5) is 6.06. The summed E-state index contributed by atoms with van der Waals surface area (Å²) in [5.41, 5.74) is 2.33. The van der Waals surface area contributed by atoms with Crippen LogP contribution < -0.4 is 5.32 Å². The predicted octanol–water partition coefficient (Wildman–Crippen LogP) is 3.69. The van der Waals surface area contributed by atoms with Gasteiger partial charge < -0.3 is 5.32 Å². The van der Waals surface area contributed by atoms with Gasteiger partial charge in [0.25, 0.3) is 0 Å². The molecule has 1 aromatic heterocycles. The Kier molecular flexibility index (Phi) is 3.57. The monoisotopic (exact) mass is 298 g/mol. The highest BCUT2D eigenvalue weighted by Gasteiger charge is 2.15. The maximum Gasteiger partial charge on any atom is 0.0976 e. The zero-order valence-corrected chi connectivity index (χ0v) is 12.0. The summed E-state index contributed by atoms with van der Waals surface area (Å²) in [5, 5.41) is 5.89. The zero-order valence-electron chi connectivity index (χ0n) is 9.67. The molecule has 2 heterocycles. The molecule has 1 aliphatic heterocycles. The molecular weight excluding hydrogens is 287 g/mol. The first-order chi connectivity index (χ1) is 8.72. The molecule has 18 heavy (non-hydrogen) atoms. The Bertz CT molecular complexity index is 557. The van der Waals surface area contributed by atoms with Crippen LogP contribution in [-0.2, 0) is 19.4 Å². The molecule has 0 spiro atoms. The van der Waals surface area contributed by atoms with Gasteiger partial charge in [-0.2, -0.15) is 0 Å². The molecule has 5 heteroatoms. The van der Waals surface area contributed by atoms with Crippen molar-refractivity contribution < 1.29 is 0 Å². The maximum atomic E-state index is 6.19. The summed E-state index contributed by atoms with van der Waals surface area (Å²) in [6, 6.07) is 5.63. The van der Waals surface area contributed by atoms with Crippen LogP contribution >= 0.6 is 34.5 Å². The van der Waals surface area contributed by atoms with Gasteiger partial charge in [0, 0.05) is 40.9 Å². The number of rotatable bonds is 2. The van der Waals surface area contributed by atoms with Gasteiger partial charge in [-0.25, -0.2) is 4.98 Å². The average molecular weight is 299 g/mol. The van der Waals surface area contributed by atoms with Crippen LogP contribution in [0.1, 0.15) is 21.1 Å². The summed E-state index contributed by atoms with van der Waals surface area (Å²) in [7, 11) is 0. The Morgan fingerprint density at radius 3 is 3.00 bits per heavy atom. The minimum Gasteiger partial charge on any atom is -0.311 e. The van der Waals surface area contributed by atoms with Gasteiger partial charge in [0.1, 0.15) is 0 Å². The molecule has 0 amide bonds. The Balaban J connectivity index is 1.85. The van der Waals surface area contributed by atoms with Gasteiger partial charge in [-0.3, -0.25) is 0 Å². The summed E-state index contributed by atoms with van der Waals surface area (Å²) < 4.78 is 0. The summed E-state index contributed by atoms with van der Waals surface area (Å²) in [5.74, 6) is 0. The minimum atomic E-state index is 0.673. The largest absolute Gasteiger partial charge is 0.311 e. The molecule has 1 aromatic carbocycles. The van der Waals surface area contributed by atoms with E-state index in [1.54, 1.807) is 17.4 Å². The Hall–Kier alpha value is -0.610. The van der Waals surface area contributed by atoms with Crippen LogP contribution in [-0.4, -0.2) is 11.5 Å². The predicted molar refractivity (Wildman–Crippen MR) is 76.8 cm³/mol. The molecule has 0 atom stereocenters. The third kappa shape index (κ3) is 2.54. The molecule has 0 saturated heterocycles. The molecule has 94 valence electrons. The Morgan fingerprint density at radius 2 is 2.22 bits per heavy atom. The molecule has 1 aliphatic rings. The molecule has 2 nitrogen and oxygen atoms in total. The smallest absolute Gasteiger partial charge is 0.0976 e. The van der Waals surface area contributed by atoms with E-state index in [0.29, 0.717) is 10.0 Å². The first-order valence-electron chi connectivity index (χ1n) is 5.84. The van der Waals surface area contributed by atoms with Gasteiger partial charge in [-0.15, -0.1) is 11.3 Å². The molecule has 0 radical (unpaired) electrons. The lowest BCUT2D eigenvalue weighted by Crippen LogP contribution is -2.22. The molecule has 0 aliphatic carbocycles. The summed E-state index contributed by atoms with van der Waals surface area (Å²) >= 11 is 13.9. The van der Waals surface area contributed by atoms with Gasteiger partial charge in [-0.1, -0.05) is 29.3 Å². The molecule has 0 fully saturated rings. The Labute approximate surface area is 120 Å². The van der Waals surface area contributed by atoms with Crippen LogP contribution in [0.4, 0.5) is 0 Å². The van der Waals surface area contributed by atoms with Crippen LogP contribution in [0.25, 0.3) is 0 Å². The van der Waals surface area contributed by atoms with E-state index in [-0.39, 0.29) is 0 Å². The van der Waals surface area contributed by atoms with Crippen molar-refractivity contribution in [3.63, 3.8) is 0 Å². The van der Waals surface area contributed by atoms with E-state index in [2.05, 4.69) is 5.32 Å². The molecular formula is C13H12Cl2N2S. The van der Waals surface area contributed by atoms with E-state index in [4.69, 9.17) is 28.2 Å². The van der Waals surface area contributed by atoms with Crippen molar-refractivity contribution in [2.45, 2.75) is 19.4 Å². The van der Waals surface area contributed by atoms with Crippen LogP contribution in [0.2, 0.25) is 10.0 Å². The molecule has 2 aromatic rings. The van der Waals surface area contributed by atoms with E-state index in [1.165, 1.54) is 10.6 Å². The summed E-state index contributed by atoms with van der Waals surface area (Å²) in [6.45, 7) is 1.97. The number of nitrogens with zero attached hydrogens (tertiary/aromatic N) is 1. The van der Waals surface area contributed by atoms with Crippen LogP contribution in [0, 0.1) is 0 Å². The summed E-state index contributed by atoms with van der Waals surface area (Å²) in [6.07, 6.45) is 1.81. The van der Waals surface area contributed by atoms with Gasteiger partial charge >= 0.3 is 0 Å². The van der Waals surface area contributed by atoms with Gasteiger partial charge in [0.05, 0.1) is 10.7 Å². The van der Waals surface area contributed by atoms with Crippen molar-refractivity contribution in [3.05, 3.63) is 49.4 Å². The second-order valence-electron chi connectivity index (χ2n) is 4.32. The fourth-order valence-electron chi connectivity index (χ4n) is 2.08. The van der Waals surface area contributed by atoms with E-state index in [1.807, 2.05) is 12.1 Å². The highest BCUT2D eigenvalue weighted by molar-refractivity contribution is 7.11. The highest BCUT2D eigenvalue weighted by atomic mass is 35.5. The van der Waals surface area contributed by atoms with Gasteiger partial charge in [0.2, 0.25) is 0 Å². The van der Waals surface area contributed by atoms with Crippen molar-refractivity contribution >= 4 is 34.5 Å². The van der Waals surface area contributed by atoms with Crippen LogP contribution in [0.3, 0.4) is 0 Å². The van der Waals surface area contributed by atoms with Crippen molar-refractivity contribution in [2.24, 2.45) is 0 Å². The fraction of sp³-hybridized carbons (Fsp3) is 0.308. The van der Waals surface area contributed by atoms with Crippen molar-refractivity contribution in [1.82, 2.24) is 10.3 Å². The molecule has 1 N–H and O–H groups in total. The third-order valence-electron chi connectivity index (χ3n) is 3.00. The van der Waals surface area contributed by atoms with Gasteiger partial charge in [0.15, 0.2) is 0 Å². The minimum absolute atomic E-state index is 0.673. The maximum absolute atomic E-state index is 6.19. The number of halogens is 2. The molecule has 0 saturated carbocycles. The standard InChI is InChI=1S/C13H12Cl2N2S/c14-9-2-1-8(10(15)6-9)5-13-17-11-3-4-16-7-12(11)18-13/h1-2,6,16H,3-5,7H2. The van der Waals surface area contributed by atoms with Gasteiger partial charge in [-0.05, 0) is 17.7 Å². The molecule has 0 unspecified atom stereocenters.